The van der Waals surface area contributed by atoms with Crippen molar-refractivity contribution in [1.29, 1.82) is 0 Å². The normalized spacial score (nSPS) is 16.9. The van der Waals surface area contributed by atoms with E-state index in [0.29, 0.717) is 19.4 Å². The highest BCUT2D eigenvalue weighted by atomic mass is 35.5. The Morgan fingerprint density at radius 2 is 2.03 bits per heavy atom. The van der Waals surface area contributed by atoms with Crippen molar-refractivity contribution >= 4 is 23.3 Å². The van der Waals surface area contributed by atoms with Gasteiger partial charge in [0, 0.05) is 12.1 Å². The number of carbonyl (C=O) groups excluding carboxylic acids is 1. The van der Waals surface area contributed by atoms with Gasteiger partial charge in [-0.05, 0) is 44.6 Å². The number of halogens is 5. The van der Waals surface area contributed by atoms with Crippen LogP contribution in [-0.2, 0) is 6.18 Å². The number of amides is 1. The number of anilines is 1. The summed E-state index contributed by atoms with van der Waals surface area (Å²) in [4.78, 5) is 21.5. The van der Waals surface area contributed by atoms with Gasteiger partial charge < -0.3 is 21.1 Å². The highest BCUT2D eigenvalue weighted by molar-refractivity contribution is 6.34. The number of ether oxygens (including phenoxy) is 1. The summed E-state index contributed by atoms with van der Waals surface area (Å²) in [7, 11) is 1.78. The molecule has 1 aromatic carbocycles. The maximum absolute atomic E-state index is 14.9. The van der Waals surface area contributed by atoms with Crippen LogP contribution in [0.25, 0.3) is 11.3 Å². The van der Waals surface area contributed by atoms with Gasteiger partial charge in [-0.2, -0.15) is 23.3 Å². The number of hydrogen-bond acceptors (Lipinski definition) is 7. The number of nitrogens with zero attached hydrogens (tertiary/aromatic N) is 5. The van der Waals surface area contributed by atoms with Crippen molar-refractivity contribution in [3.05, 3.63) is 46.6 Å². The van der Waals surface area contributed by atoms with Crippen LogP contribution >= 0.6 is 11.6 Å². The molecule has 4 rings (SSSR count). The number of aromatic nitrogens is 4. The lowest BCUT2D eigenvalue weighted by atomic mass is 10.0. The molecule has 1 amide bonds. The van der Waals surface area contributed by atoms with Gasteiger partial charge in [0.05, 0.1) is 11.6 Å². The number of hydrogen-bond donors (Lipinski definition) is 2. The van der Waals surface area contributed by atoms with Crippen LogP contribution in [0.2, 0.25) is 5.02 Å². The Kier molecular flexibility index (Phi) is 6.56. The summed E-state index contributed by atoms with van der Waals surface area (Å²) in [5, 5.41) is 3.97. The summed E-state index contributed by atoms with van der Waals surface area (Å²) in [6, 6.07) is 2.64. The lowest BCUT2D eigenvalue weighted by molar-refractivity contribution is -0.145. The summed E-state index contributed by atoms with van der Waals surface area (Å²) in [5.41, 5.74) is 8.37. The minimum atomic E-state index is -4.92. The average molecular weight is 514 g/mol. The van der Waals surface area contributed by atoms with Crippen LogP contribution < -0.4 is 16.2 Å². The van der Waals surface area contributed by atoms with Crippen LogP contribution in [0.4, 0.5) is 23.4 Å². The minimum Gasteiger partial charge on any atom is -0.434 e. The number of likely N-dealkylation sites (N-methyl/N-ethyl adjacent to an activating group) is 1. The van der Waals surface area contributed by atoms with Crippen molar-refractivity contribution in [3.63, 3.8) is 0 Å². The van der Waals surface area contributed by atoms with E-state index in [9.17, 15) is 22.4 Å². The van der Waals surface area contributed by atoms with Crippen LogP contribution in [0.3, 0.4) is 0 Å². The van der Waals surface area contributed by atoms with E-state index in [1.54, 1.807) is 7.05 Å². The van der Waals surface area contributed by atoms with Crippen molar-refractivity contribution in [2.24, 2.45) is 5.73 Å². The number of rotatable bonds is 5. The second kappa shape index (κ2) is 9.30. The van der Waals surface area contributed by atoms with E-state index in [4.69, 9.17) is 27.8 Å². The number of piperidine rings is 1. The Bertz CT molecular complexity index is 1280. The van der Waals surface area contributed by atoms with Crippen LogP contribution in [0.1, 0.15) is 34.9 Å². The van der Waals surface area contributed by atoms with E-state index in [0.717, 1.165) is 29.7 Å². The fourth-order valence-corrected chi connectivity index (χ4v) is 4.15. The molecule has 0 saturated carbocycles. The maximum Gasteiger partial charge on any atom is 0.433 e. The molecule has 3 heterocycles. The monoisotopic (exact) mass is 513 g/mol. The first-order chi connectivity index (χ1) is 16.5. The molecule has 3 aromatic rings. The Morgan fingerprint density at radius 3 is 2.66 bits per heavy atom. The number of alkyl halides is 3. The second-order valence-corrected chi connectivity index (χ2v) is 8.44. The molecule has 1 aliphatic rings. The van der Waals surface area contributed by atoms with E-state index in [2.05, 4.69) is 15.1 Å². The van der Waals surface area contributed by atoms with E-state index in [1.165, 1.54) is 6.07 Å². The largest absolute Gasteiger partial charge is 0.434 e. The molecule has 1 atom stereocenters. The highest BCUT2D eigenvalue weighted by Crippen LogP contribution is 2.40. The third-order valence-corrected chi connectivity index (χ3v) is 5.92. The number of nitrogens with two attached hydrogens (primary N) is 2. The number of carbonyl (C=O) groups is 1. The zero-order valence-corrected chi connectivity index (χ0v) is 19.1. The molecule has 14 heteroatoms. The molecule has 0 bridgehead atoms. The maximum atomic E-state index is 14.9. The van der Waals surface area contributed by atoms with Gasteiger partial charge in [-0.25, -0.2) is 9.37 Å². The number of nitrogen functional groups attached to an aromatic ring is 1. The SMILES string of the molecule is CN1CCCC(n2nc(-c3ccc(Oc4ncnc(N)c4Cl)c(F)c3)c(C(N)=O)c2C(F)(F)F)C1. The van der Waals surface area contributed by atoms with Gasteiger partial charge in [-0.1, -0.05) is 11.6 Å². The van der Waals surface area contributed by atoms with E-state index < -0.39 is 35.2 Å². The third kappa shape index (κ3) is 4.86. The van der Waals surface area contributed by atoms with Crippen LogP contribution in [-0.4, -0.2) is 50.7 Å². The smallest absolute Gasteiger partial charge is 0.433 e. The molecule has 0 spiro atoms. The van der Waals surface area contributed by atoms with Gasteiger partial charge in [0.15, 0.2) is 17.3 Å². The molecule has 1 unspecified atom stereocenters. The molecular formula is C21H20ClF4N7O2. The predicted molar refractivity (Wildman–Crippen MR) is 118 cm³/mol. The Labute approximate surface area is 201 Å². The summed E-state index contributed by atoms with van der Waals surface area (Å²) < 4.78 is 63.3. The third-order valence-electron chi connectivity index (χ3n) is 5.57. The zero-order chi connectivity index (χ0) is 25.5. The summed E-state index contributed by atoms with van der Waals surface area (Å²) >= 11 is 5.95. The van der Waals surface area contributed by atoms with Crippen molar-refractivity contribution < 1.29 is 27.1 Å². The first kappa shape index (κ1) is 24.7. The van der Waals surface area contributed by atoms with Gasteiger partial charge in [-0.3, -0.25) is 9.48 Å². The first-order valence-electron chi connectivity index (χ1n) is 10.4. The van der Waals surface area contributed by atoms with Gasteiger partial charge in [0.25, 0.3) is 5.91 Å². The van der Waals surface area contributed by atoms with Crippen LogP contribution in [0.5, 0.6) is 11.6 Å². The standard InChI is InChI=1S/C21H20ClF4N7O2/c1-32-6-2-3-11(8-32)33-17(21(24,25)26)14(19(28)34)16(31-33)10-4-5-13(12(23)7-10)35-20-15(22)18(27)29-9-30-20/h4-5,7,9,11H,2-3,6,8H2,1H3,(H2,28,34)(H2,27,29,30). The van der Waals surface area contributed by atoms with Gasteiger partial charge in [0.2, 0.25) is 5.88 Å². The quantitative estimate of drug-likeness (QED) is 0.496. The van der Waals surface area contributed by atoms with E-state index in [-0.39, 0.29) is 33.7 Å². The highest BCUT2D eigenvalue weighted by Gasteiger charge is 2.43. The molecule has 2 aromatic heterocycles. The van der Waals surface area contributed by atoms with Crippen molar-refractivity contribution in [2.45, 2.75) is 25.1 Å². The summed E-state index contributed by atoms with van der Waals surface area (Å²) in [6.45, 7) is 1.02. The molecule has 1 aliphatic heterocycles. The predicted octanol–water partition coefficient (Wildman–Crippen LogP) is 3.89. The molecule has 0 radical (unpaired) electrons. The molecule has 4 N–H and O–H groups in total. The van der Waals surface area contributed by atoms with E-state index in [1.807, 2.05) is 4.90 Å². The molecule has 1 fully saturated rings. The van der Waals surface area contributed by atoms with Gasteiger partial charge >= 0.3 is 6.18 Å². The van der Waals surface area contributed by atoms with Gasteiger partial charge in [0.1, 0.15) is 22.9 Å². The number of primary amides is 1. The second-order valence-electron chi connectivity index (χ2n) is 8.06. The molecule has 1 saturated heterocycles. The Morgan fingerprint density at radius 1 is 1.29 bits per heavy atom. The minimum absolute atomic E-state index is 0.0848. The zero-order valence-electron chi connectivity index (χ0n) is 18.3. The lowest BCUT2D eigenvalue weighted by Gasteiger charge is -2.31. The lowest BCUT2D eigenvalue weighted by Crippen LogP contribution is -2.36. The van der Waals surface area contributed by atoms with Crippen LogP contribution in [0, 0.1) is 5.82 Å². The molecule has 0 aliphatic carbocycles. The Balaban J connectivity index is 1.79. The number of benzene rings is 1. The van der Waals surface area contributed by atoms with Crippen molar-refractivity contribution in [1.82, 2.24) is 24.6 Å². The fraction of sp³-hybridized carbons (Fsp3) is 0.333. The number of likely N-dealkylation sites (tertiary alicyclic amines) is 1. The van der Waals surface area contributed by atoms with Crippen molar-refractivity contribution in [2.75, 3.05) is 25.9 Å². The molecule has 186 valence electrons. The van der Waals surface area contributed by atoms with Crippen molar-refractivity contribution in [3.8, 4) is 22.9 Å². The fourth-order valence-electron chi connectivity index (χ4n) is 4.02. The summed E-state index contributed by atoms with van der Waals surface area (Å²) in [6.07, 6.45) is -2.78. The molecule has 35 heavy (non-hydrogen) atoms. The molecule has 9 nitrogen and oxygen atoms in total. The Hall–Kier alpha value is -3.45. The van der Waals surface area contributed by atoms with Gasteiger partial charge in [-0.15, -0.1) is 0 Å². The summed E-state index contributed by atoms with van der Waals surface area (Å²) in [5.74, 6) is -2.93. The van der Waals surface area contributed by atoms with Crippen LogP contribution in [0.15, 0.2) is 24.5 Å². The topological polar surface area (TPSA) is 125 Å². The average Bonchev–Trinajstić information content (AvgIpc) is 3.20. The molecular weight excluding hydrogens is 494 g/mol. The first-order valence-corrected chi connectivity index (χ1v) is 10.8. The van der Waals surface area contributed by atoms with E-state index >= 15 is 0 Å².